The predicted molar refractivity (Wildman–Crippen MR) is 467 cm³/mol. The van der Waals surface area contributed by atoms with Crippen LogP contribution < -0.4 is 9.80 Å². The minimum atomic E-state index is 0.866. The van der Waals surface area contributed by atoms with E-state index in [4.69, 9.17) is 8.83 Å². The van der Waals surface area contributed by atoms with Gasteiger partial charge in [-0.05, 0) is 206 Å². The third kappa shape index (κ3) is 11.2. The number of furan rings is 2. The van der Waals surface area contributed by atoms with Gasteiger partial charge in [0.25, 0.3) is 0 Å². The number of hydrogen-bond acceptors (Lipinski definition) is 4. The van der Waals surface area contributed by atoms with Crippen molar-refractivity contribution in [1.29, 1.82) is 0 Å². The van der Waals surface area contributed by atoms with Crippen LogP contribution in [-0.2, 0) is 0 Å². The van der Waals surface area contributed by atoms with Crippen LogP contribution in [0, 0.1) is 0 Å². The summed E-state index contributed by atoms with van der Waals surface area (Å²) in [5, 5.41) is 21.5. The van der Waals surface area contributed by atoms with Crippen LogP contribution in [0.25, 0.3) is 175 Å². The summed E-state index contributed by atoms with van der Waals surface area (Å²) < 4.78 is 13.4. The van der Waals surface area contributed by atoms with Crippen molar-refractivity contribution in [1.82, 2.24) is 0 Å². The fourth-order valence-electron chi connectivity index (χ4n) is 17.0. The Labute approximate surface area is 636 Å². The number of fused-ring (bicyclic) bond motifs is 17. The van der Waals surface area contributed by atoms with Crippen molar-refractivity contribution in [3.8, 4) is 55.6 Å². The summed E-state index contributed by atoms with van der Waals surface area (Å²) in [6, 6.07) is 149. The second-order valence-electron chi connectivity index (χ2n) is 28.6. The summed E-state index contributed by atoms with van der Waals surface area (Å²) in [6.07, 6.45) is 0. The van der Waals surface area contributed by atoms with Gasteiger partial charge in [-0.25, -0.2) is 0 Å². The maximum atomic E-state index is 6.72. The Hall–Kier alpha value is -14.6. The van der Waals surface area contributed by atoms with Crippen LogP contribution in [0.2, 0.25) is 0 Å². The lowest BCUT2D eigenvalue weighted by atomic mass is 9.90. The molecule has 0 fully saturated rings. The smallest absolute Gasteiger partial charge is 0.143 e. The van der Waals surface area contributed by atoms with Crippen molar-refractivity contribution in [3.05, 3.63) is 413 Å². The maximum Gasteiger partial charge on any atom is 0.143 e. The summed E-state index contributed by atoms with van der Waals surface area (Å²) in [5.74, 6) is 0. The van der Waals surface area contributed by atoms with Gasteiger partial charge in [-0.2, -0.15) is 0 Å². The lowest BCUT2D eigenvalue weighted by Gasteiger charge is -2.28. The molecule has 514 valence electrons. The van der Waals surface area contributed by atoms with Crippen LogP contribution in [0.4, 0.5) is 34.1 Å². The number of rotatable bonds is 11. The van der Waals surface area contributed by atoms with Crippen LogP contribution in [0.3, 0.4) is 0 Å². The monoisotopic (exact) mass is 1400 g/mol. The molecule has 0 N–H and O–H groups in total. The molecule has 0 aliphatic carbocycles. The Morgan fingerprint density at radius 1 is 0.155 bits per heavy atom. The van der Waals surface area contributed by atoms with Crippen molar-refractivity contribution < 1.29 is 8.83 Å². The quantitative estimate of drug-likeness (QED) is 0.121. The molecular weight excluding hydrogens is 1330 g/mol. The first-order valence-corrected chi connectivity index (χ1v) is 37.7. The Bertz CT molecular complexity index is 7320. The molecular formula is C106H68N2O2. The molecule has 0 bridgehead atoms. The van der Waals surface area contributed by atoms with Crippen molar-refractivity contribution in [3.63, 3.8) is 0 Å². The molecule has 0 atom stereocenters. The number of nitrogens with zero attached hydrogens (tertiary/aromatic N) is 2. The molecule has 0 unspecified atom stereocenters. The van der Waals surface area contributed by atoms with Gasteiger partial charge >= 0.3 is 0 Å². The summed E-state index contributed by atoms with van der Waals surface area (Å²) in [7, 11) is 0. The van der Waals surface area contributed by atoms with E-state index in [-0.39, 0.29) is 0 Å². The molecule has 4 heteroatoms. The molecule has 2 heterocycles. The highest BCUT2D eigenvalue weighted by Crippen LogP contribution is 2.48. The zero-order valence-electron chi connectivity index (χ0n) is 60.0. The van der Waals surface area contributed by atoms with Crippen molar-refractivity contribution in [2.75, 3.05) is 9.80 Å². The predicted octanol–water partition coefficient (Wildman–Crippen LogP) is 30.5. The minimum absolute atomic E-state index is 0.866. The Kier molecular flexibility index (Phi) is 15.5. The van der Waals surface area contributed by atoms with Gasteiger partial charge in [-0.15, -0.1) is 0 Å². The first-order valence-electron chi connectivity index (χ1n) is 37.7. The van der Waals surface area contributed by atoms with E-state index in [1.165, 1.54) is 120 Å². The molecule has 0 aliphatic heterocycles. The van der Waals surface area contributed by atoms with Crippen LogP contribution in [0.1, 0.15) is 0 Å². The fourth-order valence-corrected chi connectivity index (χ4v) is 17.0. The molecule has 0 saturated carbocycles. The largest absolute Gasteiger partial charge is 0.455 e. The van der Waals surface area contributed by atoms with E-state index in [1.54, 1.807) is 0 Å². The Morgan fingerprint density at radius 3 is 1.01 bits per heavy atom. The average Bonchev–Trinajstić information content (AvgIpc) is 1.07. The number of anilines is 6. The van der Waals surface area contributed by atoms with Gasteiger partial charge in [-0.1, -0.05) is 309 Å². The lowest BCUT2D eigenvalue weighted by molar-refractivity contribution is 0.672. The maximum absolute atomic E-state index is 6.72. The van der Waals surface area contributed by atoms with Crippen molar-refractivity contribution >= 4 is 153 Å². The van der Waals surface area contributed by atoms with E-state index in [1.807, 2.05) is 0 Å². The van der Waals surface area contributed by atoms with Gasteiger partial charge in [0.15, 0.2) is 0 Å². The summed E-state index contributed by atoms with van der Waals surface area (Å²) in [4.78, 5) is 4.73. The molecule has 20 aromatic carbocycles. The third-order valence-corrected chi connectivity index (χ3v) is 22.3. The molecule has 22 rings (SSSR count). The normalized spacial score (nSPS) is 11.6. The van der Waals surface area contributed by atoms with Gasteiger partial charge in [0.1, 0.15) is 22.3 Å². The van der Waals surface area contributed by atoms with Gasteiger partial charge < -0.3 is 18.6 Å². The number of benzene rings is 20. The molecule has 2 aromatic heterocycles. The second kappa shape index (κ2) is 26.8. The van der Waals surface area contributed by atoms with Crippen LogP contribution in [-0.4, -0.2) is 0 Å². The Morgan fingerprint density at radius 2 is 0.500 bits per heavy atom. The highest BCUT2D eigenvalue weighted by Gasteiger charge is 2.23. The van der Waals surface area contributed by atoms with Crippen molar-refractivity contribution in [2.24, 2.45) is 0 Å². The molecule has 0 spiro atoms. The van der Waals surface area contributed by atoms with Gasteiger partial charge in [0, 0.05) is 78.3 Å². The van der Waals surface area contributed by atoms with E-state index in [9.17, 15) is 0 Å². The molecule has 0 aliphatic rings. The van der Waals surface area contributed by atoms with Crippen molar-refractivity contribution in [2.45, 2.75) is 0 Å². The van der Waals surface area contributed by atoms with E-state index >= 15 is 0 Å². The SMILES string of the molecule is c1ccc(-c2ccc(-c3ccc(N(c4cccc(-c5cc6ccccc6c6ccccc56)c4)c4ccc5c(c4)oc4c6ccccc6ccc54)cc3)cc2)cc1.c1ccc(-c2ccc(N(c3ccc4c(c3)oc3c5ccccc5ccc43)c3ccc(-c4cc5ccccc5c5ccccc45)c4ccccc34)cc2)cc1. The van der Waals surface area contributed by atoms with E-state index in [0.717, 1.165) is 88.8 Å². The molecule has 0 saturated heterocycles. The zero-order valence-corrected chi connectivity index (χ0v) is 60.0. The first kappa shape index (κ1) is 63.9. The van der Waals surface area contributed by atoms with Gasteiger partial charge in [-0.3, -0.25) is 0 Å². The fraction of sp³-hybridized carbons (Fsp3) is 0. The first-order chi connectivity index (χ1) is 54.5. The molecule has 0 radical (unpaired) electrons. The molecule has 4 nitrogen and oxygen atoms in total. The average molecular weight is 1400 g/mol. The van der Waals surface area contributed by atoms with E-state index < -0.39 is 0 Å². The van der Waals surface area contributed by atoms with Gasteiger partial charge in [0.05, 0.1) is 5.69 Å². The highest BCUT2D eigenvalue weighted by molar-refractivity contribution is 6.20. The van der Waals surface area contributed by atoms with E-state index in [2.05, 4.69) is 422 Å². The topological polar surface area (TPSA) is 32.8 Å². The van der Waals surface area contributed by atoms with Crippen LogP contribution in [0.15, 0.2) is 421 Å². The summed E-state index contributed by atoms with van der Waals surface area (Å²) in [5.41, 5.74) is 22.0. The highest BCUT2D eigenvalue weighted by atomic mass is 16.3. The summed E-state index contributed by atoms with van der Waals surface area (Å²) >= 11 is 0. The Balaban J connectivity index is 0.000000140. The second-order valence-corrected chi connectivity index (χ2v) is 28.6. The van der Waals surface area contributed by atoms with E-state index in [0.29, 0.717) is 0 Å². The molecule has 22 aromatic rings. The zero-order chi connectivity index (χ0) is 72.6. The lowest BCUT2D eigenvalue weighted by Crippen LogP contribution is -2.10. The standard InChI is InChI=1S/C54H35NO.C52H33NO/c1-2-11-36(12-3-1)37-21-23-38(24-22-37)39-25-28-43(29-26-39)55(45-30-32-50-51-31-27-40-13-4-7-18-47(40)54(51)56-53(50)35-45)44-16-10-15-41(33-44)52-34-42-14-5-6-17-46(42)48-19-8-9-20-49(48)52;1-2-12-34(13-3-1)35-22-25-38(26-23-35)53(39-27-29-47-48-28-24-36-14-4-7-17-41(36)52(48)54-51(47)33-39)50-31-30-45(43-19-10-11-21-46(43)50)49-32-37-15-5-6-16-40(37)42-18-8-9-20-44(42)49/h1-35H;1-33H. The number of hydrogen-bond donors (Lipinski definition) is 0. The molecule has 110 heavy (non-hydrogen) atoms. The van der Waals surface area contributed by atoms with Gasteiger partial charge in [0.2, 0.25) is 0 Å². The van der Waals surface area contributed by atoms with Crippen LogP contribution >= 0.6 is 0 Å². The summed E-state index contributed by atoms with van der Waals surface area (Å²) in [6.45, 7) is 0. The minimum Gasteiger partial charge on any atom is -0.455 e. The third-order valence-electron chi connectivity index (χ3n) is 22.3. The van der Waals surface area contributed by atoms with Crippen LogP contribution in [0.5, 0.6) is 0 Å². The molecule has 0 amide bonds.